The van der Waals surface area contributed by atoms with Crippen LogP contribution in [0.1, 0.15) is 24.5 Å². The van der Waals surface area contributed by atoms with Crippen molar-refractivity contribution in [2.45, 2.75) is 18.9 Å². The molecule has 31 heavy (non-hydrogen) atoms. The van der Waals surface area contributed by atoms with E-state index in [-0.39, 0.29) is 24.6 Å². The van der Waals surface area contributed by atoms with E-state index in [1.807, 2.05) is 30.3 Å². The average molecular weight is 423 g/mol. The lowest BCUT2D eigenvalue weighted by Gasteiger charge is -2.33. The Bertz CT molecular complexity index is 1110. The molecule has 2 aromatic carbocycles. The van der Waals surface area contributed by atoms with E-state index in [0.717, 1.165) is 11.6 Å². The number of amides is 2. The first kappa shape index (κ1) is 20.5. The summed E-state index contributed by atoms with van der Waals surface area (Å²) in [5, 5.41) is 2.42. The summed E-state index contributed by atoms with van der Waals surface area (Å²) in [6, 6.07) is 15.5. The maximum Gasteiger partial charge on any atom is 0.274 e. The van der Waals surface area contributed by atoms with E-state index in [9.17, 15) is 18.4 Å². The molecule has 158 valence electrons. The SMILES string of the molecule is O=C(CCCN1C(=O)C(c2ccccc2)Oc2cccnc21)Nc1ccc(F)cc1F. The van der Waals surface area contributed by atoms with Crippen LogP contribution in [0.2, 0.25) is 0 Å². The van der Waals surface area contributed by atoms with Gasteiger partial charge >= 0.3 is 0 Å². The molecule has 6 nitrogen and oxygen atoms in total. The van der Waals surface area contributed by atoms with Gasteiger partial charge in [0, 0.05) is 30.8 Å². The molecule has 1 aromatic heterocycles. The summed E-state index contributed by atoms with van der Waals surface area (Å²) in [4.78, 5) is 31.1. The Hall–Kier alpha value is -3.81. The number of hydrogen-bond donors (Lipinski definition) is 1. The number of pyridine rings is 1. The van der Waals surface area contributed by atoms with E-state index in [2.05, 4.69) is 10.3 Å². The molecule has 1 aliphatic heterocycles. The third-order valence-corrected chi connectivity index (χ3v) is 4.83. The molecule has 0 bridgehead atoms. The molecule has 3 aromatic rings. The van der Waals surface area contributed by atoms with E-state index >= 15 is 0 Å². The monoisotopic (exact) mass is 423 g/mol. The molecule has 4 rings (SSSR count). The lowest BCUT2D eigenvalue weighted by atomic mass is 10.1. The third kappa shape index (κ3) is 4.53. The summed E-state index contributed by atoms with van der Waals surface area (Å²) in [6.45, 7) is 0.231. The van der Waals surface area contributed by atoms with Crippen LogP contribution in [-0.4, -0.2) is 23.3 Å². The maximum atomic E-state index is 13.7. The lowest BCUT2D eigenvalue weighted by Crippen LogP contribution is -2.42. The van der Waals surface area contributed by atoms with Crippen molar-refractivity contribution < 1.29 is 23.1 Å². The second kappa shape index (κ2) is 8.91. The van der Waals surface area contributed by atoms with E-state index in [1.54, 1.807) is 18.3 Å². The molecule has 0 aliphatic carbocycles. The zero-order chi connectivity index (χ0) is 21.8. The van der Waals surface area contributed by atoms with Gasteiger partial charge in [-0.05, 0) is 30.7 Å². The van der Waals surface area contributed by atoms with Crippen LogP contribution < -0.4 is 15.0 Å². The van der Waals surface area contributed by atoms with Crippen molar-refractivity contribution in [1.29, 1.82) is 0 Å². The lowest BCUT2D eigenvalue weighted by molar-refractivity contribution is -0.127. The van der Waals surface area contributed by atoms with E-state index < -0.39 is 23.6 Å². The fourth-order valence-corrected chi connectivity index (χ4v) is 3.36. The van der Waals surface area contributed by atoms with E-state index in [4.69, 9.17) is 4.74 Å². The topological polar surface area (TPSA) is 71.5 Å². The normalized spacial score (nSPS) is 15.2. The van der Waals surface area contributed by atoms with Crippen LogP contribution in [0.3, 0.4) is 0 Å². The van der Waals surface area contributed by atoms with E-state index in [0.29, 0.717) is 24.1 Å². The molecular formula is C23H19F2N3O3. The van der Waals surface area contributed by atoms with Crippen molar-refractivity contribution in [3.8, 4) is 5.75 Å². The largest absolute Gasteiger partial charge is 0.472 e. The fourth-order valence-electron chi connectivity index (χ4n) is 3.36. The minimum absolute atomic E-state index is 0.0413. The highest BCUT2D eigenvalue weighted by Gasteiger charge is 2.36. The number of carbonyl (C=O) groups is 2. The summed E-state index contributed by atoms with van der Waals surface area (Å²) in [7, 11) is 0. The number of carbonyl (C=O) groups excluding carboxylic acids is 2. The first-order valence-electron chi connectivity index (χ1n) is 9.76. The number of fused-ring (bicyclic) bond motifs is 1. The second-order valence-corrected chi connectivity index (χ2v) is 7.00. The molecule has 2 heterocycles. The van der Waals surface area contributed by atoms with Crippen LogP contribution in [0.4, 0.5) is 20.3 Å². The Morgan fingerprint density at radius 3 is 2.68 bits per heavy atom. The van der Waals surface area contributed by atoms with Gasteiger partial charge in [0.15, 0.2) is 11.6 Å². The highest BCUT2D eigenvalue weighted by Crippen LogP contribution is 2.37. The minimum atomic E-state index is -0.847. The van der Waals surface area contributed by atoms with Crippen LogP contribution in [0, 0.1) is 11.6 Å². The standard InChI is InChI=1S/C23H19F2N3O3/c24-16-10-11-18(17(25)14-16)27-20(29)9-5-13-28-22-19(8-4-12-26-22)31-21(23(28)30)15-6-2-1-3-7-15/h1-4,6-8,10-12,14,21H,5,9,13H2,(H,27,29). The molecule has 2 amide bonds. The molecule has 0 saturated heterocycles. The second-order valence-electron chi connectivity index (χ2n) is 7.00. The van der Waals surface area contributed by atoms with Gasteiger partial charge in [0.05, 0.1) is 5.69 Å². The van der Waals surface area contributed by atoms with Crippen molar-refractivity contribution in [3.63, 3.8) is 0 Å². The number of rotatable bonds is 6. The van der Waals surface area contributed by atoms with Gasteiger partial charge in [-0.15, -0.1) is 0 Å². The number of nitrogens with zero attached hydrogens (tertiary/aromatic N) is 2. The molecular weight excluding hydrogens is 404 g/mol. The van der Waals surface area contributed by atoms with Gasteiger partial charge < -0.3 is 10.1 Å². The molecule has 1 aliphatic rings. The molecule has 0 fully saturated rings. The predicted octanol–water partition coefficient (Wildman–Crippen LogP) is 4.25. The Kier molecular flexibility index (Phi) is 5.88. The Balaban J connectivity index is 1.44. The van der Waals surface area contributed by atoms with Crippen molar-refractivity contribution >= 4 is 23.3 Å². The van der Waals surface area contributed by atoms with Gasteiger partial charge in [-0.2, -0.15) is 0 Å². The zero-order valence-electron chi connectivity index (χ0n) is 16.4. The summed E-state index contributed by atoms with van der Waals surface area (Å²) in [5.74, 6) is -1.41. The number of aromatic nitrogens is 1. The maximum absolute atomic E-state index is 13.7. The molecule has 1 unspecified atom stereocenters. The van der Waals surface area contributed by atoms with Crippen LogP contribution >= 0.6 is 0 Å². The van der Waals surface area contributed by atoms with Crippen LogP contribution in [0.5, 0.6) is 5.75 Å². The van der Waals surface area contributed by atoms with Gasteiger partial charge in [-0.3, -0.25) is 14.5 Å². The highest BCUT2D eigenvalue weighted by atomic mass is 19.1. The molecule has 0 radical (unpaired) electrons. The number of nitrogens with one attached hydrogen (secondary N) is 1. The summed E-state index contributed by atoms with van der Waals surface area (Å²) >= 11 is 0. The Morgan fingerprint density at radius 2 is 1.90 bits per heavy atom. The van der Waals surface area contributed by atoms with Crippen molar-refractivity contribution in [1.82, 2.24) is 4.98 Å². The molecule has 0 saturated carbocycles. The van der Waals surface area contributed by atoms with Crippen molar-refractivity contribution in [3.05, 3.63) is 84.1 Å². The molecule has 1 atom stereocenters. The van der Waals surface area contributed by atoms with Crippen LogP contribution in [-0.2, 0) is 9.59 Å². The van der Waals surface area contributed by atoms with Crippen molar-refractivity contribution in [2.75, 3.05) is 16.8 Å². The van der Waals surface area contributed by atoms with Gasteiger partial charge in [-0.1, -0.05) is 30.3 Å². The predicted molar refractivity (Wildman–Crippen MR) is 111 cm³/mol. The number of halogens is 2. The number of ether oxygens (including phenoxy) is 1. The van der Waals surface area contributed by atoms with E-state index in [1.165, 1.54) is 11.0 Å². The zero-order valence-corrected chi connectivity index (χ0v) is 16.4. The molecule has 1 N–H and O–H groups in total. The molecule has 0 spiro atoms. The van der Waals surface area contributed by atoms with Crippen LogP contribution in [0.25, 0.3) is 0 Å². The number of hydrogen-bond acceptors (Lipinski definition) is 4. The summed E-state index contributed by atoms with van der Waals surface area (Å²) in [6.07, 6.45) is 1.12. The average Bonchev–Trinajstić information content (AvgIpc) is 2.77. The molecule has 8 heteroatoms. The van der Waals surface area contributed by atoms with Crippen LogP contribution in [0.15, 0.2) is 66.9 Å². The number of anilines is 2. The third-order valence-electron chi connectivity index (χ3n) is 4.83. The first-order valence-corrected chi connectivity index (χ1v) is 9.76. The van der Waals surface area contributed by atoms with Gasteiger partial charge in [0.2, 0.25) is 12.0 Å². The Morgan fingerprint density at radius 1 is 1.10 bits per heavy atom. The minimum Gasteiger partial charge on any atom is -0.472 e. The quantitative estimate of drug-likeness (QED) is 0.644. The van der Waals surface area contributed by atoms with Gasteiger partial charge in [0.1, 0.15) is 11.6 Å². The summed E-state index contributed by atoms with van der Waals surface area (Å²) < 4.78 is 32.6. The Labute approximate surface area is 177 Å². The smallest absolute Gasteiger partial charge is 0.274 e. The highest BCUT2D eigenvalue weighted by molar-refractivity contribution is 5.99. The first-order chi connectivity index (χ1) is 15.0. The summed E-state index contributed by atoms with van der Waals surface area (Å²) in [5.41, 5.74) is 0.626. The van der Waals surface area contributed by atoms with Crippen molar-refractivity contribution in [2.24, 2.45) is 0 Å². The van der Waals surface area contributed by atoms with Gasteiger partial charge in [-0.25, -0.2) is 13.8 Å². The van der Waals surface area contributed by atoms with Gasteiger partial charge in [0.25, 0.3) is 5.91 Å². The fraction of sp³-hybridized carbons (Fsp3) is 0.174. The number of benzene rings is 2.